The van der Waals surface area contributed by atoms with E-state index in [0.717, 1.165) is 17.2 Å². The van der Waals surface area contributed by atoms with Crippen LogP contribution in [-0.4, -0.2) is 43.1 Å². The van der Waals surface area contributed by atoms with Crippen LogP contribution in [0.4, 0.5) is 18.0 Å². The minimum absolute atomic E-state index is 0.269. The van der Waals surface area contributed by atoms with Gasteiger partial charge in [0.2, 0.25) is 0 Å². The highest BCUT2D eigenvalue weighted by molar-refractivity contribution is 5.70. The first-order valence-corrected chi connectivity index (χ1v) is 11.6. The number of rotatable bonds is 7. The molecule has 3 aromatic carbocycles. The van der Waals surface area contributed by atoms with Gasteiger partial charge in [0.15, 0.2) is 0 Å². The first-order chi connectivity index (χ1) is 16.7. The Morgan fingerprint density at radius 3 is 2.23 bits per heavy atom. The molecule has 7 heteroatoms. The molecule has 35 heavy (non-hydrogen) atoms. The van der Waals surface area contributed by atoms with E-state index in [1.54, 1.807) is 29.2 Å². The minimum atomic E-state index is -0.824. The summed E-state index contributed by atoms with van der Waals surface area (Å²) in [6.45, 7) is 3.10. The highest BCUT2D eigenvalue weighted by Crippen LogP contribution is 2.40. The van der Waals surface area contributed by atoms with Crippen LogP contribution in [-0.2, 0) is 10.3 Å². The van der Waals surface area contributed by atoms with Crippen LogP contribution >= 0.6 is 0 Å². The molecule has 0 saturated carbocycles. The molecule has 0 bridgehead atoms. The molecule has 2 atom stereocenters. The third-order valence-corrected chi connectivity index (χ3v) is 6.71. The quantitative estimate of drug-likeness (QED) is 0.384. The van der Waals surface area contributed by atoms with Crippen molar-refractivity contribution in [1.82, 2.24) is 9.80 Å². The van der Waals surface area contributed by atoms with E-state index >= 15 is 0 Å². The summed E-state index contributed by atoms with van der Waals surface area (Å²) in [5.41, 5.74) is 1.77. The first-order valence-electron chi connectivity index (χ1n) is 11.6. The molecule has 0 aliphatic carbocycles. The lowest BCUT2D eigenvalue weighted by atomic mass is 9.85. The standard InChI is InChI=1S/C28H29F3N2O2/c1-19(20-4-6-21(7-5-20)25-13-12-24(30)18-26(25)31)33-17-15-28(35-27(33)34,14-16-32(2)3)22-8-10-23(29)11-9-22/h4-13,18-19H,14-17H2,1-3H3/t19-,28?/m0/s1. The Morgan fingerprint density at radius 2 is 1.63 bits per heavy atom. The Bertz CT molecular complexity index is 1180. The largest absolute Gasteiger partial charge is 0.438 e. The molecule has 0 N–H and O–H groups in total. The van der Waals surface area contributed by atoms with Crippen molar-refractivity contribution in [2.24, 2.45) is 0 Å². The summed E-state index contributed by atoms with van der Waals surface area (Å²) in [6, 6.07) is 16.6. The summed E-state index contributed by atoms with van der Waals surface area (Å²) >= 11 is 0. The predicted octanol–water partition coefficient (Wildman–Crippen LogP) is 6.52. The minimum Gasteiger partial charge on any atom is -0.438 e. The van der Waals surface area contributed by atoms with E-state index in [0.29, 0.717) is 37.1 Å². The molecule has 4 nitrogen and oxygen atoms in total. The summed E-state index contributed by atoms with van der Waals surface area (Å²) in [4.78, 5) is 16.9. The fraction of sp³-hybridized carbons (Fsp3) is 0.321. The zero-order valence-corrected chi connectivity index (χ0v) is 20.1. The Hall–Kier alpha value is -3.32. The Labute approximate surface area is 203 Å². The summed E-state index contributed by atoms with van der Waals surface area (Å²) in [7, 11) is 3.91. The smallest absolute Gasteiger partial charge is 0.411 e. The highest BCUT2D eigenvalue weighted by atomic mass is 19.1. The molecule has 1 saturated heterocycles. The second-order valence-corrected chi connectivity index (χ2v) is 9.29. The highest BCUT2D eigenvalue weighted by Gasteiger charge is 2.43. The molecule has 184 valence electrons. The zero-order valence-electron chi connectivity index (χ0n) is 20.1. The van der Waals surface area contributed by atoms with Crippen molar-refractivity contribution >= 4 is 6.09 Å². The van der Waals surface area contributed by atoms with Crippen molar-refractivity contribution in [3.05, 3.63) is 95.3 Å². The summed E-state index contributed by atoms with van der Waals surface area (Å²) in [5.74, 6) is -1.58. The van der Waals surface area contributed by atoms with Gasteiger partial charge in [-0.15, -0.1) is 0 Å². The summed E-state index contributed by atoms with van der Waals surface area (Å²) in [5, 5.41) is 0. The Balaban J connectivity index is 1.52. The van der Waals surface area contributed by atoms with Gasteiger partial charge in [0.25, 0.3) is 0 Å². The second-order valence-electron chi connectivity index (χ2n) is 9.29. The van der Waals surface area contributed by atoms with Crippen molar-refractivity contribution in [3.63, 3.8) is 0 Å². The van der Waals surface area contributed by atoms with Crippen LogP contribution in [0.2, 0.25) is 0 Å². The SMILES string of the molecule is C[C@@H](c1ccc(-c2ccc(F)cc2F)cc1)N1CCC(CCN(C)C)(c2ccc(F)cc2)OC1=O. The van der Waals surface area contributed by atoms with Gasteiger partial charge in [0.05, 0.1) is 6.04 Å². The van der Waals surface area contributed by atoms with E-state index in [1.165, 1.54) is 24.3 Å². The summed E-state index contributed by atoms with van der Waals surface area (Å²) in [6.07, 6.45) is 0.736. The van der Waals surface area contributed by atoms with Gasteiger partial charge < -0.3 is 14.5 Å². The zero-order chi connectivity index (χ0) is 25.2. The molecule has 1 amide bonds. The maximum absolute atomic E-state index is 14.2. The van der Waals surface area contributed by atoms with E-state index in [2.05, 4.69) is 0 Å². The van der Waals surface area contributed by atoms with Crippen molar-refractivity contribution in [1.29, 1.82) is 0 Å². The maximum atomic E-state index is 14.2. The molecule has 0 radical (unpaired) electrons. The number of nitrogens with zero attached hydrogens (tertiary/aromatic N) is 2. The van der Waals surface area contributed by atoms with E-state index < -0.39 is 23.3 Å². The molecule has 1 unspecified atom stereocenters. The van der Waals surface area contributed by atoms with Crippen LogP contribution in [0.25, 0.3) is 11.1 Å². The number of ether oxygens (including phenoxy) is 1. The van der Waals surface area contributed by atoms with Crippen molar-refractivity contribution in [2.45, 2.75) is 31.4 Å². The molecule has 0 spiro atoms. The topological polar surface area (TPSA) is 32.8 Å². The molecule has 1 aliphatic rings. The van der Waals surface area contributed by atoms with Gasteiger partial charge in [-0.3, -0.25) is 0 Å². The lowest BCUT2D eigenvalue weighted by Gasteiger charge is -2.44. The van der Waals surface area contributed by atoms with Crippen LogP contribution in [0, 0.1) is 17.5 Å². The number of halogens is 3. The van der Waals surface area contributed by atoms with Gasteiger partial charge in [-0.25, -0.2) is 18.0 Å². The normalized spacial score (nSPS) is 19.1. The van der Waals surface area contributed by atoms with Gasteiger partial charge in [-0.1, -0.05) is 36.4 Å². The lowest BCUT2D eigenvalue weighted by molar-refractivity contribution is -0.0679. The van der Waals surface area contributed by atoms with Crippen LogP contribution in [0.1, 0.15) is 36.9 Å². The molecule has 0 aromatic heterocycles. The van der Waals surface area contributed by atoms with Crippen molar-refractivity contribution in [2.75, 3.05) is 27.2 Å². The van der Waals surface area contributed by atoms with Gasteiger partial charge in [-0.2, -0.15) is 0 Å². The van der Waals surface area contributed by atoms with E-state index in [1.807, 2.05) is 38.1 Å². The van der Waals surface area contributed by atoms with Crippen LogP contribution in [0.3, 0.4) is 0 Å². The number of amides is 1. The molecular weight excluding hydrogens is 453 g/mol. The van der Waals surface area contributed by atoms with Crippen LogP contribution < -0.4 is 0 Å². The average molecular weight is 483 g/mol. The van der Waals surface area contributed by atoms with Gasteiger partial charge in [0, 0.05) is 37.6 Å². The fourth-order valence-electron chi connectivity index (χ4n) is 4.55. The number of carbonyl (C=O) groups excluding carboxylic acids is 1. The van der Waals surface area contributed by atoms with E-state index in [9.17, 15) is 18.0 Å². The third kappa shape index (κ3) is 5.35. The van der Waals surface area contributed by atoms with Gasteiger partial charge in [-0.05, 0) is 62.0 Å². The number of hydrogen-bond donors (Lipinski definition) is 0. The van der Waals surface area contributed by atoms with Crippen molar-refractivity contribution in [3.8, 4) is 11.1 Å². The van der Waals surface area contributed by atoms with Crippen LogP contribution in [0.15, 0.2) is 66.7 Å². The van der Waals surface area contributed by atoms with Gasteiger partial charge >= 0.3 is 6.09 Å². The Kier molecular flexibility index (Phi) is 7.17. The first kappa shape index (κ1) is 24.8. The molecule has 1 fully saturated rings. The molecule has 4 rings (SSSR count). The number of carbonyl (C=O) groups is 1. The Morgan fingerprint density at radius 1 is 0.971 bits per heavy atom. The number of hydrogen-bond acceptors (Lipinski definition) is 3. The summed E-state index contributed by atoms with van der Waals surface area (Å²) < 4.78 is 47.0. The molecule has 3 aromatic rings. The predicted molar refractivity (Wildman–Crippen MR) is 129 cm³/mol. The lowest BCUT2D eigenvalue weighted by Crippen LogP contribution is -2.49. The fourth-order valence-corrected chi connectivity index (χ4v) is 4.55. The van der Waals surface area contributed by atoms with Crippen molar-refractivity contribution < 1.29 is 22.7 Å². The number of benzene rings is 3. The monoisotopic (exact) mass is 482 g/mol. The molecule has 1 aliphatic heterocycles. The average Bonchev–Trinajstić information content (AvgIpc) is 2.83. The molecule has 1 heterocycles. The maximum Gasteiger partial charge on any atom is 0.411 e. The molecular formula is C28H29F3N2O2. The number of cyclic esters (lactones) is 1. The third-order valence-electron chi connectivity index (χ3n) is 6.71. The second kappa shape index (κ2) is 10.1. The van der Waals surface area contributed by atoms with E-state index in [4.69, 9.17) is 4.74 Å². The van der Waals surface area contributed by atoms with Crippen LogP contribution in [0.5, 0.6) is 0 Å². The van der Waals surface area contributed by atoms with Gasteiger partial charge in [0.1, 0.15) is 23.1 Å². The van der Waals surface area contributed by atoms with E-state index in [-0.39, 0.29) is 11.9 Å².